The summed E-state index contributed by atoms with van der Waals surface area (Å²) in [6.45, 7) is 2.66. The van der Waals surface area contributed by atoms with E-state index < -0.39 is 5.91 Å². The van der Waals surface area contributed by atoms with Crippen molar-refractivity contribution in [1.82, 2.24) is 4.90 Å². The van der Waals surface area contributed by atoms with Gasteiger partial charge in [0.1, 0.15) is 0 Å². The van der Waals surface area contributed by atoms with Gasteiger partial charge in [-0.2, -0.15) is 0 Å². The van der Waals surface area contributed by atoms with E-state index in [4.69, 9.17) is 11.5 Å². The van der Waals surface area contributed by atoms with E-state index in [1.165, 1.54) is 4.90 Å². The van der Waals surface area contributed by atoms with Gasteiger partial charge in [0.25, 0.3) is 5.91 Å². The minimum absolute atomic E-state index is 0.0858. The maximum Gasteiger partial charge on any atom is 0.255 e. The third kappa shape index (κ3) is 5.28. The largest absolute Gasteiger partial charge is 0.368 e. The highest BCUT2D eigenvalue weighted by atomic mass is 16.2. The molecule has 1 rings (SSSR count). The SMILES string of the molecule is CCCCN(CC(N)=O)C(=O)c1ccccc1C#CCN. The molecule has 0 fully saturated rings. The number of hydrogen-bond acceptors (Lipinski definition) is 3. The molecule has 4 N–H and O–H groups in total. The molecule has 1 aromatic carbocycles. The van der Waals surface area contributed by atoms with E-state index in [0.29, 0.717) is 17.7 Å². The summed E-state index contributed by atoms with van der Waals surface area (Å²) in [6, 6.07) is 7.03. The van der Waals surface area contributed by atoms with Gasteiger partial charge >= 0.3 is 0 Å². The average molecular weight is 287 g/mol. The number of unbranched alkanes of at least 4 members (excludes halogenated alkanes) is 1. The molecule has 0 heterocycles. The number of primary amides is 1. The van der Waals surface area contributed by atoms with Crippen LogP contribution in [-0.2, 0) is 4.79 Å². The Morgan fingerprint density at radius 1 is 1.29 bits per heavy atom. The van der Waals surface area contributed by atoms with Crippen LogP contribution in [0.1, 0.15) is 35.7 Å². The second-order valence-electron chi connectivity index (χ2n) is 4.60. The predicted octanol–water partition coefficient (Wildman–Crippen LogP) is 0.724. The van der Waals surface area contributed by atoms with E-state index in [0.717, 1.165) is 12.8 Å². The third-order valence-corrected chi connectivity index (χ3v) is 2.90. The van der Waals surface area contributed by atoms with Gasteiger partial charge in [0, 0.05) is 12.1 Å². The monoisotopic (exact) mass is 287 g/mol. The van der Waals surface area contributed by atoms with Crippen LogP contribution in [0.4, 0.5) is 0 Å². The standard InChI is InChI=1S/C16H21N3O2/c1-2-3-11-19(12-15(18)20)16(21)14-9-5-4-7-13(14)8-6-10-17/h4-5,7,9H,2-3,10-12,17H2,1H3,(H2,18,20). The van der Waals surface area contributed by atoms with Gasteiger partial charge in [0.2, 0.25) is 5.91 Å². The van der Waals surface area contributed by atoms with E-state index >= 15 is 0 Å². The molecule has 0 aliphatic rings. The molecule has 0 saturated carbocycles. The van der Waals surface area contributed by atoms with Crippen LogP contribution < -0.4 is 11.5 Å². The van der Waals surface area contributed by atoms with Crippen LogP contribution in [0, 0.1) is 11.8 Å². The van der Waals surface area contributed by atoms with Gasteiger partial charge in [0.05, 0.1) is 18.7 Å². The first kappa shape index (κ1) is 16.7. The van der Waals surface area contributed by atoms with Gasteiger partial charge in [0.15, 0.2) is 0 Å². The lowest BCUT2D eigenvalue weighted by atomic mass is 10.1. The van der Waals surface area contributed by atoms with Gasteiger partial charge < -0.3 is 16.4 Å². The van der Waals surface area contributed by atoms with Gasteiger partial charge in [-0.25, -0.2) is 0 Å². The van der Waals surface area contributed by atoms with E-state index in [1.54, 1.807) is 18.2 Å². The first-order valence-corrected chi connectivity index (χ1v) is 6.95. The molecule has 0 radical (unpaired) electrons. The molecule has 0 aliphatic carbocycles. The molecule has 0 saturated heterocycles. The highest BCUT2D eigenvalue weighted by Crippen LogP contribution is 2.11. The summed E-state index contributed by atoms with van der Waals surface area (Å²) < 4.78 is 0. The van der Waals surface area contributed by atoms with Crippen LogP contribution in [0.2, 0.25) is 0 Å². The Labute approximate surface area is 125 Å². The van der Waals surface area contributed by atoms with Gasteiger partial charge in [-0.1, -0.05) is 37.3 Å². The molecule has 0 aliphatic heterocycles. The van der Waals surface area contributed by atoms with Crippen molar-refractivity contribution >= 4 is 11.8 Å². The summed E-state index contributed by atoms with van der Waals surface area (Å²) >= 11 is 0. The predicted molar refractivity (Wildman–Crippen MR) is 82.4 cm³/mol. The minimum Gasteiger partial charge on any atom is -0.368 e. The smallest absolute Gasteiger partial charge is 0.255 e. The second-order valence-corrected chi connectivity index (χ2v) is 4.60. The number of hydrogen-bond donors (Lipinski definition) is 2. The summed E-state index contributed by atoms with van der Waals surface area (Å²) in [5, 5.41) is 0. The Bertz CT molecular complexity index is 558. The second kappa shape index (κ2) is 8.77. The average Bonchev–Trinajstić information content (AvgIpc) is 2.48. The summed E-state index contributed by atoms with van der Waals surface area (Å²) in [5.41, 5.74) is 11.7. The first-order valence-electron chi connectivity index (χ1n) is 6.95. The van der Waals surface area contributed by atoms with Crippen LogP contribution >= 0.6 is 0 Å². The van der Waals surface area contributed by atoms with E-state index in [2.05, 4.69) is 11.8 Å². The Morgan fingerprint density at radius 3 is 2.62 bits per heavy atom. The van der Waals surface area contributed by atoms with Gasteiger partial charge in [-0.15, -0.1) is 0 Å². The minimum atomic E-state index is -0.523. The fourth-order valence-electron chi connectivity index (χ4n) is 1.88. The van der Waals surface area contributed by atoms with E-state index in [-0.39, 0.29) is 19.0 Å². The van der Waals surface area contributed by atoms with Crippen molar-refractivity contribution < 1.29 is 9.59 Å². The van der Waals surface area contributed by atoms with Crippen LogP contribution in [0.25, 0.3) is 0 Å². The van der Waals surface area contributed by atoms with Crippen LogP contribution in [0.3, 0.4) is 0 Å². The molecule has 0 aromatic heterocycles. The van der Waals surface area contributed by atoms with Crippen LogP contribution in [0.5, 0.6) is 0 Å². The first-order chi connectivity index (χ1) is 10.1. The maximum absolute atomic E-state index is 12.6. The summed E-state index contributed by atoms with van der Waals surface area (Å²) in [7, 11) is 0. The van der Waals surface area contributed by atoms with Crippen molar-refractivity contribution in [3.63, 3.8) is 0 Å². The molecule has 5 heteroatoms. The van der Waals surface area contributed by atoms with Crippen molar-refractivity contribution in [1.29, 1.82) is 0 Å². The molecule has 21 heavy (non-hydrogen) atoms. The fourth-order valence-corrected chi connectivity index (χ4v) is 1.88. The van der Waals surface area contributed by atoms with E-state index in [1.807, 2.05) is 13.0 Å². The quantitative estimate of drug-likeness (QED) is 0.756. The highest BCUT2D eigenvalue weighted by Gasteiger charge is 2.19. The summed E-state index contributed by atoms with van der Waals surface area (Å²) in [6.07, 6.45) is 1.74. The van der Waals surface area contributed by atoms with Crippen molar-refractivity contribution in [2.24, 2.45) is 11.5 Å². The number of carbonyl (C=O) groups excluding carboxylic acids is 2. The van der Waals surface area contributed by atoms with Gasteiger partial charge in [-0.05, 0) is 18.6 Å². The molecule has 0 bridgehead atoms. The van der Waals surface area contributed by atoms with E-state index in [9.17, 15) is 9.59 Å². The topological polar surface area (TPSA) is 89.4 Å². The molecular formula is C16H21N3O2. The molecule has 2 amide bonds. The number of amides is 2. The zero-order valence-electron chi connectivity index (χ0n) is 12.3. The molecule has 0 unspecified atom stereocenters. The fraction of sp³-hybridized carbons (Fsp3) is 0.375. The molecule has 0 spiro atoms. The normalized spacial score (nSPS) is 9.62. The Hall–Kier alpha value is -2.32. The third-order valence-electron chi connectivity index (χ3n) is 2.90. The Morgan fingerprint density at radius 2 is 2.00 bits per heavy atom. The molecule has 112 valence electrons. The Balaban J connectivity index is 3.04. The number of benzene rings is 1. The van der Waals surface area contributed by atoms with Crippen LogP contribution in [0.15, 0.2) is 24.3 Å². The molecule has 5 nitrogen and oxygen atoms in total. The van der Waals surface area contributed by atoms with Crippen molar-refractivity contribution in [3.05, 3.63) is 35.4 Å². The van der Waals surface area contributed by atoms with Gasteiger partial charge in [-0.3, -0.25) is 9.59 Å². The highest BCUT2D eigenvalue weighted by molar-refractivity contribution is 5.98. The molecule has 1 aromatic rings. The zero-order chi connectivity index (χ0) is 15.7. The molecule has 0 atom stereocenters. The molecular weight excluding hydrogens is 266 g/mol. The number of carbonyl (C=O) groups is 2. The Kier molecular flexibility index (Phi) is 6.99. The van der Waals surface area contributed by atoms with Crippen molar-refractivity contribution in [3.8, 4) is 11.8 Å². The van der Waals surface area contributed by atoms with Crippen molar-refractivity contribution in [2.45, 2.75) is 19.8 Å². The number of nitrogens with two attached hydrogens (primary N) is 2. The lowest BCUT2D eigenvalue weighted by Crippen LogP contribution is -2.39. The summed E-state index contributed by atoms with van der Waals surface area (Å²) in [5.74, 6) is 4.86. The zero-order valence-corrected chi connectivity index (χ0v) is 12.3. The number of nitrogens with zero attached hydrogens (tertiary/aromatic N) is 1. The lowest BCUT2D eigenvalue weighted by Gasteiger charge is -2.21. The summed E-state index contributed by atoms with van der Waals surface area (Å²) in [4.78, 5) is 25.2. The lowest BCUT2D eigenvalue weighted by molar-refractivity contribution is -0.118. The number of rotatable bonds is 6. The van der Waals surface area contributed by atoms with Crippen molar-refractivity contribution in [2.75, 3.05) is 19.6 Å². The maximum atomic E-state index is 12.6. The van der Waals surface area contributed by atoms with Crippen LogP contribution in [-0.4, -0.2) is 36.3 Å².